The number of carbonyl (C=O) groups is 1. The van der Waals surface area contributed by atoms with E-state index in [1.165, 1.54) is 19.3 Å². The van der Waals surface area contributed by atoms with E-state index in [-0.39, 0.29) is 5.91 Å². The Morgan fingerprint density at radius 2 is 1.63 bits per heavy atom. The van der Waals surface area contributed by atoms with Crippen molar-refractivity contribution in [3.63, 3.8) is 0 Å². The lowest BCUT2D eigenvalue weighted by Crippen LogP contribution is -2.38. The number of aryl methyl sites for hydroxylation is 1. The van der Waals surface area contributed by atoms with Gasteiger partial charge in [0.25, 0.3) is 5.91 Å². The predicted molar refractivity (Wildman–Crippen MR) is 118 cm³/mol. The van der Waals surface area contributed by atoms with Gasteiger partial charge < -0.3 is 14.8 Å². The van der Waals surface area contributed by atoms with Gasteiger partial charge in [-0.05, 0) is 63.0 Å². The van der Waals surface area contributed by atoms with Gasteiger partial charge in [-0.2, -0.15) is 4.31 Å². The minimum absolute atomic E-state index is 0.119. The summed E-state index contributed by atoms with van der Waals surface area (Å²) in [6.07, 6.45) is 6.68. The SMILES string of the molecule is Cn1c(C(=O)NCCN2CCCCC2)cc2cc(S(=O)(=O)N3CCCCC3)ccc21. The first-order valence-corrected chi connectivity index (χ1v) is 12.5. The molecular formula is C22H32N4O3S. The summed E-state index contributed by atoms with van der Waals surface area (Å²) >= 11 is 0. The zero-order valence-electron chi connectivity index (χ0n) is 17.8. The number of hydrogen-bond acceptors (Lipinski definition) is 4. The average Bonchev–Trinajstić information content (AvgIpc) is 3.11. The van der Waals surface area contributed by atoms with Crippen molar-refractivity contribution in [3.8, 4) is 0 Å². The fraction of sp³-hybridized carbons (Fsp3) is 0.591. The van der Waals surface area contributed by atoms with Crippen molar-refractivity contribution >= 4 is 26.8 Å². The first-order chi connectivity index (χ1) is 14.5. The first kappa shape index (κ1) is 21.3. The number of sulfonamides is 1. The molecule has 0 spiro atoms. The third-order valence-corrected chi connectivity index (χ3v) is 8.26. The van der Waals surface area contributed by atoms with E-state index >= 15 is 0 Å². The van der Waals surface area contributed by atoms with Crippen molar-refractivity contribution in [2.45, 2.75) is 43.4 Å². The van der Waals surface area contributed by atoms with Crippen molar-refractivity contribution < 1.29 is 13.2 Å². The molecule has 1 aromatic heterocycles. The van der Waals surface area contributed by atoms with Gasteiger partial charge in [0, 0.05) is 44.1 Å². The molecule has 164 valence electrons. The Morgan fingerprint density at radius 1 is 0.967 bits per heavy atom. The van der Waals surface area contributed by atoms with Crippen LogP contribution in [0.5, 0.6) is 0 Å². The second-order valence-electron chi connectivity index (χ2n) is 8.43. The Morgan fingerprint density at radius 3 is 2.33 bits per heavy atom. The van der Waals surface area contributed by atoms with E-state index in [4.69, 9.17) is 0 Å². The number of carbonyl (C=O) groups excluding carboxylic acids is 1. The molecule has 3 heterocycles. The number of fused-ring (bicyclic) bond motifs is 1. The van der Waals surface area contributed by atoms with Crippen molar-refractivity contribution in [1.29, 1.82) is 0 Å². The number of nitrogens with one attached hydrogen (secondary N) is 1. The third kappa shape index (κ3) is 4.40. The fourth-order valence-electron chi connectivity index (χ4n) is 4.56. The molecule has 0 radical (unpaired) electrons. The molecule has 2 aliphatic rings. The van der Waals surface area contributed by atoms with Gasteiger partial charge in [-0.15, -0.1) is 0 Å². The number of hydrogen-bond donors (Lipinski definition) is 1. The molecule has 4 rings (SSSR count). The normalized spacial score (nSPS) is 19.2. The van der Waals surface area contributed by atoms with Gasteiger partial charge >= 0.3 is 0 Å². The van der Waals surface area contributed by atoms with Gasteiger partial charge in [-0.3, -0.25) is 4.79 Å². The summed E-state index contributed by atoms with van der Waals surface area (Å²) in [5.74, 6) is -0.119. The highest BCUT2D eigenvalue weighted by atomic mass is 32.2. The fourth-order valence-corrected chi connectivity index (χ4v) is 6.11. The van der Waals surface area contributed by atoms with Crippen molar-refractivity contribution in [2.24, 2.45) is 7.05 Å². The summed E-state index contributed by atoms with van der Waals surface area (Å²) in [6, 6.07) is 6.95. The Kier molecular flexibility index (Phi) is 6.46. The van der Waals surface area contributed by atoms with Crippen molar-refractivity contribution in [2.75, 3.05) is 39.3 Å². The third-order valence-electron chi connectivity index (χ3n) is 6.36. The predicted octanol–water partition coefficient (Wildman–Crippen LogP) is 2.57. The van der Waals surface area contributed by atoms with E-state index in [2.05, 4.69) is 10.2 Å². The molecule has 8 heteroatoms. The van der Waals surface area contributed by atoms with E-state index < -0.39 is 10.0 Å². The van der Waals surface area contributed by atoms with Crippen LogP contribution in [0.25, 0.3) is 10.9 Å². The van der Waals surface area contributed by atoms with Gasteiger partial charge in [0.15, 0.2) is 0 Å². The minimum atomic E-state index is -3.49. The van der Waals surface area contributed by atoms with Crippen LogP contribution in [0.1, 0.15) is 49.0 Å². The Labute approximate surface area is 179 Å². The second-order valence-corrected chi connectivity index (χ2v) is 10.4. The Bertz CT molecular complexity index is 1000. The first-order valence-electron chi connectivity index (χ1n) is 11.1. The summed E-state index contributed by atoms with van der Waals surface area (Å²) in [5.41, 5.74) is 1.41. The van der Waals surface area contributed by atoms with Gasteiger partial charge in [-0.1, -0.05) is 12.8 Å². The highest BCUT2D eigenvalue weighted by molar-refractivity contribution is 7.89. The van der Waals surface area contributed by atoms with Crippen LogP contribution in [0.15, 0.2) is 29.2 Å². The summed E-state index contributed by atoms with van der Waals surface area (Å²) in [5, 5.41) is 3.79. The summed E-state index contributed by atoms with van der Waals surface area (Å²) in [4.78, 5) is 15.4. The van der Waals surface area contributed by atoms with E-state index in [0.29, 0.717) is 30.2 Å². The molecule has 1 aromatic carbocycles. The quantitative estimate of drug-likeness (QED) is 0.761. The van der Waals surface area contributed by atoms with Crippen LogP contribution >= 0.6 is 0 Å². The standard InChI is InChI=1S/C22H32N4O3S/c1-24-20-9-8-19(30(28,29)26-13-6-3-7-14-26)16-18(20)17-21(24)22(27)23-10-15-25-11-4-2-5-12-25/h8-9,16-17H,2-7,10-15H2,1H3,(H,23,27). The maximum absolute atomic E-state index is 13.0. The number of aromatic nitrogens is 1. The molecule has 2 aromatic rings. The van der Waals surface area contributed by atoms with Gasteiger partial charge in [0.1, 0.15) is 5.69 Å². The summed E-state index contributed by atoms with van der Waals surface area (Å²) in [7, 11) is -1.64. The van der Waals surface area contributed by atoms with Crippen LogP contribution in [0.2, 0.25) is 0 Å². The molecule has 1 N–H and O–H groups in total. The van der Waals surface area contributed by atoms with Crippen LogP contribution in [0.3, 0.4) is 0 Å². The molecule has 2 saturated heterocycles. The lowest BCUT2D eigenvalue weighted by atomic mass is 10.1. The minimum Gasteiger partial charge on any atom is -0.349 e. The lowest BCUT2D eigenvalue weighted by Gasteiger charge is -2.26. The number of likely N-dealkylation sites (tertiary alicyclic amines) is 1. The largest absolute Gasteiger partial charge is 0.349 e. The van der Waals surface area contributed by atoms with E-state index in [1.54, 1.807) is 28.6 Å². The molecular weight excluding hydrogens is 400 g/mol. The number of amides is 1. The number of piperidine rings is 2. The Hall–Kier alpha value is -1.90. The monoisotopic (exact) mass is 432 g/mol. The highest BCUT2D eigenvalue weighted by Gasteiger charge is 2.26. The molecule has 0 unspecified atom stereocenters. The molecule has 7 nitrogen and oxygen atoms in total. The summed E-state index contributed by atoms with van der Waals surface area (Å²) in [6.45, 7) is 4.87. The molecule has 2 fully saturated rings. The molecule has 1 amide bonds. The smallest absolute Gasteiger partial charge is 0.267 e. The van der Waals surface area contributed by atoms with E-state index in [9.17, 15) is 13.2 Å². The van der Waals surface area contributed by atoms with Gasteiger partial charge in [0.2, 0.25) is 10.0 Å². The maximum atomic E-state index is 13.0. The lowest BCUT2D eigenvalue weighted by molar-refractivity contribution is 0.0939. The second kappa shape index (κ2) is 9.08. The van der Waals surface area contributed by atoms with Crippen LogP contribution < -0.4 is 5.32 Å². The van der Waals surface area contributed by atoms with Gasteiger partial charge in [-0.25, -0.2) is 8.42 Å². The maximum Gasteiger partial charge on any atom is 0.267 e. The topological polar surface area (TPSA) is 74.6 Å². The molecule has 0 aliphatic carbocycles. The average molecular weight is 433 g/mol. The van der Waals surface area contributed by atoms with Crippen LogP contribution in [-0.2, 0) is 17.1 Å². The zero-order chi connectivity index (χ0) is 21.1. The number of benzene rings is 1. The van der Waals surface area contributed by atoms with E-state index in [1.807, 2.05) is 11.6 Å². The Balaban J connectivity index is 1.48. The van der Waals surface area contributed by atoms with Crippen LogP contribution in [-0.4, -0.2) is 67.4 Å². The molecule has 0 saturated carbocycles. The zero-order valence-corrected chi connectivity index (χ0v) is 18.6. The molecule has 0 atom stereocenters. The molecule has 2 aliphatic heterocycles. The van der Waals surface area contributed by atoms with Crippen molar-refractivity contribution in [1.82, 2.24) is 19.1 Å². The van der Waals surface area contributed by atoms with Crippen LogP contribution in [0.4, 0.5) is 0 Å². The van der Waals surface area contributed by atoms with Crippen LogP contribution in [0, 0.1) is 0 Å². The highest BCUT2D eigenvalue weighted by Crippen LogP contribution is 2.26. The van der Waals surface area contributed by atoms with E-state index in [0.717, 1.165) is 49.8 Å². The summed E-state index contributed by atoms with van der Waals surface area (Å²) < 4.78 is 29.4. The van der Waals surface area contributed by atoms with Crippen molar-refractivity contribution in [3.05, 3.63) is 30.0 Å². The molecule has 30 heavy (non-hydrogen) atoms. The number of rotatable bonds is 6. The molecule has 0 bridgehead atoms. The van der Waals surface area contributed by atoms with Gasteiger partial charge in [0.05, 0.1) is 4.90 Å². The number of nitrogens with zero attached hydrogens (tertiary/aromatic N) is 3.